The van der Waals surface area contributed by atoms with Crippen molar-refractivity contribution in [1.82, 2.24) is 0 Å². The van der Waals surface area contributed by atoms with E-state index in [1.807, 2.05) is 0 Å². The van der Waals surface area contributed by atoms with Crippen LogP contribution in [0.5, 0.6) is 0 Å². The molecular weight excluding hydrogens is 192 g/mol. The lowest BCUT2D eigenvalue weighted by atomic mass is 9.73. The van der Waals surface area contributed by atoms with Gasteiger partial charge in [-0.3, -0.25) is 0 Å². The first-order valence-electron chi connectivity index (χ1n) is 5.97. The topological polar surface area (TPSA) is 0 Å². The van der Waals surface area contributed by atoms with Crippen molar-refractivity contribution in [2.75, 3.05) is 0 Å². The van der Waals surface area contributed by atoms with Crippen LogP contribution in [0, 0.1) is 0 Å². The highest BCUT2D eigenvalue weighted by Gasteiger charge is 2.26. The Bertz CT molecular complexity index is 476. The predicted octanol–water partition coefficient (Wildman–Crippen LogP) is 4.57. The third-order valence-electron chi connectivity index (χ3n) is 3.94. The van der Waals surface area contributed by atoms with E-state index in [1.54, 1.807) is 0 Å². The van der Waals surface area contributed by atoms with Gasteiger partial charge in [0.25, 0.3) is 0 Å². The second kappa shape index (κ2) is 3.48. The van der Waals surface area contributed by atoms with Gasteiger partial charge in [0.1, 0.15) is 0 Å². The largest absolute Gasteiger partial charge is 0.0619 e. The summed E-state index contributed by atoms with van der Waals surface area (Å²) in [7, 11) is 0. The second-order valence-electron chi connectivity index (χ2n) is 4.75. The van der Waals surface area contributed by atoms with E-state index in [9.17, 15) is 0 Å². The molecule has 0 bridgehead atoms. The van der Waals surface area contributed by atoms with Gasteiger partial charge in [-0.25, -0.2) is 0 Å². The lowest BCUT2D eigenvalue weighted by Gasteiger charge is -2.31. The fourth-order valence-electron chi connectivity index (χ4n) is 2.82. The van der Waals surface area contributed by atoms with Gasteiger partial charge in [-0.2, -0.15) is 0 Å². The average molecular weight is 208 g/mol. The summed E-state index contributed by atoms with van der Waals surface area (Å²) in [5.74, 6) is 1.23. The molecular formula is C16H16. The van der Waals surface area contributed by atoms with E-state index in [4.69, 9.17) is 0 Å². The number of fused-ring (bicyclic) bond motifs is 3. The molecule has 0 radical (unpaired) electrons. The van der Waals surface area contributed by atoms with Crippen LogP contribution in [0.3, 0.4) is 0 Å². The van der Waals surface area contributed by atoms with E-state index in [2.05, 4.69) is 62.4 Å². The van der Waals surface area contributed by atoms with Crippen LogP contribution in [0.4, 0.5) is 0 Å². The molecule has 2 aromatic carbocycles. The Morgan fingerprint density at radius 2 is 1.00 bits per heavy atom. The maximum atomic E-state index is 2.33. The summed E-state index contributed by atoms with van der Waals surface area (Å²) in [6.45, 7) is 4.67. The standard InChI is InChI=1S/C16H16/c1-11-12(2)14-8-4-6-10-16(14)15-9-5-3-7-13(11)15/h3-12H,1-2H3/t11-,12+. The molecule has 3 rings (SSSR count). The third kappa shape index (κ3) is 1.23. The Balaban J connectivity index is 2.33. The van der Waals surface area contributed by atoms with Crippen molar-refractivity contribution < 1.29 is 0 Å². The average Bonchev–Trinajstić information content (AvgIpc) is 2.36. The molecule has 0 unspecified atom stereocenters. The lowest BCUT2D eigenvalue weighted by Crippen LogP contribution is -2.12. The molecule has 0 aromatic heterocycles. The zero-order chi connectivity index (χ0) is 11.1. The smallest absolute Gasteiger partial charge is 0.0118 e. The molecule has 0 nitrogen and oxygen atoms in total. The van der Waals surface area contributed by atoms with Gasteiger partial charge < -0.3 is 0 Å². The minimum absolute atomic E-state index is 0.617. The van der Waals surface area contributed by atoms with Crippen molar-refractivity contribution in [3.63, 3.8) is 0 Å². The molecule has 0 saturated carbocycles. The minimum atomic E-state index is 0.617. The Kier molecular flexibility index (Phi) is 2.10. The highest BCUT2D eigenvalue weighted by atomic mass is 14.3. The molecule has 0 spiro atoms. The van der Waals surface area contributed by atoms with Crippen LogP contribution in [0.1, 0.15) is 36.8 Å². The van der Waals surface area contributed by atoms with Crippen molar-refractivity contribution >= 4 is 0 Å². The van der Waals surface area contributed by atoms with E-state index in [0.717, 1.165) is 0 Å². The van der Waals surface area contributed by atoms with Crippen molar-refractivity contribution in [3.05, 3.63) is 59.7 Å². The Labute approximate surface area is 96.9 Å². The lowest BCUT2D eigenvalue weighted by molar-refractivity contribution is 0.616. The maximum absolute atomic E-state index is 2.33. The molecule has 2 aromatic rings. The molecule has 0 N–H and O–H groups in total. The highest BCUT2D eigenvalue weighted by molar-refractivity contribution is 5.74. The molecule has 16 heavy (non-hydrogen) atoms. The number of rotatable bonds is 0. The zero-order valence-corrected chi connectivity index (χ0v) is 9.77. The Morgan fingerprint density at radius 3 is 1.44 bits per heavy atom. The summed E-state index contributed by atoms with van der Waals surface area (Å²) in [5, 5.41) is 0. The van der Waals surface area contributed by atoms with Crippen LogP contribution in [-0.4, -0.2) is 0 Å². The first-order valence-corrected chi connectivity index (χ1v) is 5.97. The van der Waals surface area contributed by atoms with Gasteiger partial charge >= 0.3 is 0 Å². The summed E-state index contributed by atoms with van der Waals surface area (Å²) < 4.78 is 0. The molecule has 0 fully saturated rings. The summed E-state index contributed by atoms with van der Waals surface area (Å²) >= 11 is 0. The second-order valence-corrected chi connectivity index (χ2v) is 4.75. The van der Waals surface area contributed by atoms with Crippen LogP contribution < -0.4 is 0 Å². The molecule has 1 aliphatic carbocycles. The summed E-state index contributed by atoms with van der Waals surface area (Å²) in [6, 6.07) is 17.6. The van der Waals surface area contributed by atoms with Crippen LogP contribution in [0.25, 0.3) is 11.1 Å². The molecule has 0 amide bonds. The van der Waals surface area contributed by atoms with Crippen molar-refractivity contribution in [1.29, 1.82) is 0 Å². The van der Waals surface area contributed by atoms with E-state index >= 15 is 0 Å². The molecule has 80 valence electrons. The van der Waals surface area contributed by atoms with Crippen LogP contribution >= 0.6 is 0 Å². The van der Waals surface area contributed by atoms with Crippen molar-refractivity contribution in [2.24, 2.45) is 0 Å². The van der Waals surface area contributed by atoms with Gasteiger partial charge in [0, 0.05) is 0 Å². The van der Waals surface area contributed by atoms with Gasteiger partial charge in [0.2, 0.25) is 0 Å². The molecule has 1 aliphatic rings. The fourth-order valence-corrected chi connectivity index (χ4v) is 2.82. The van der Waals surface area contributed by atoms with Crippen LogP contribution in [0.15, 0.2) is 48.5 Å². The number of hydrogen-bond acceptors (Lipinski definition) is 0. The zero-order valence-electron chi connectivity index (χ0n) is 9.77. The first kappa shape index (κ1) is 9.65. The number of benzene rings is 2. The summed E-state index contributed by atoms with van der Waals surface area (Å²) in [6.07, 6.45) is 0. The van der Waals surface area contributed by atoms with E-state index in [1.165, 1.54) is 22.3 Å². The molecule has 0 heterocycles. The van der Waals surface area contributed by atoms with Crippen LogP contribution in [-0.2, 0) is 0 Å². The van der Waals surface area contributed by atoms with Crippen molar-refractivity contribution in [2.45, 2.75) is 25.7 Å². The molecule has 2 atom stereocenters. The Hall–Kier alpha value is -1.56. The van der Waals surface area contributed by atoms with Crippen molar-refractivity contribution in [3.8, 4) is 11.1 Å². The first-order chi connectivity index (χ1) is 7.79. The quantitative estimate of drug-likeness (QED) is 0.594. The summed E-state index contributed by atoms with van der Waals surface area (Å²) in [4.78, 5) is 0. The fraction of sp³-hybridized carbons (Fsp3) is 0.250. The SMILES string of the molecule is C[C@@H]1c2ccccc2-c2ccccc2[C@@H]1C. The number of hydrogen-bond donors (Lipinski definition) is 0. The van der Waals surface area contributed by atoms with Gasteiger partial charge in [-0.15, -0.1) is 0 Å². The molecule has 0 heteroatoms. The minimum Gasteiger partial charge on any atom is -0.0619 e. The molecule has 0 aliphatic heterocycles. The normalized spacial score (nSPS) is 22.4. The van der Waals surface area contributed by atoms with E-state index < -0.39 is 0 Å². The van der Waals surface area contributed by atoms with Gasteiger partial charge in [0.05, 0.1) is 0 Å². The van der Waals surface area contributed by atoms with E-state index in [0.29, 0.717) is 11.8 Å². The maximum Gasteiger partial charge on any atom is -0.0118 e. The third-order valence-corrected chi connectivity index (χ3v) is 3.94. The van der Waals surface area contributed by atoms with E-state index in [-0.39, 0.29) is 0 Å². The monoisotopic (exact) mass is 208 g/mol. The highest BCUT2D eigenvalue weighted by Crippen LogP contribution is 2.45. The Morgan fingerprint density at radius 1 is 0.625 bits per heavy atom. The van der Waals surface area contributed by atoms with Crippen LogP contribution in [0.2, 0.25) is 0 Å². The van der Waals surface area contributed by atoms with Gasteiger partial charge in [-0.05, 0) is 34.1 Å². The molecule has 0 saturated heterocycles. The van der Waals surface area contributed by atoms with Gasteiger partial charge in [0.15, 0.2) is 0 Å². The predicted molar refractivity (Wildman–Crippen MR) is 68.7 cm³/mol. The summed E-state index contributed by atoms with van der Waals surface area (Å²) in [5.41, 5.74) is 5.83. The van der Waals surface area contributed by atoms with Gasteiger partial charge in [-0.1, -0.05) is 62.4 Å².